The van der Waals surface area contributed by atoms with E-state index >= 15 is 0 Å². The van der Waals surface area contributed by atoms with Crippen LogP contribution in [0.5, 0.6) is 0 Å². The Bertz CT molecular complexity index is 531. The largest absolute Gasteiger partial charge is 0.355 e. The molecule has 0 aliphatic rings. The van der Waals surface area contributed by atoms with E-state index in [-0.39, 0.29) is 18.9 Å². The van der Waals surface area contributed by atoms with Gasteiger partial charge in [-0.3, -0.25) is 9.35 Å². The van der Waals surface area contributed by atoms with E-state index in [1.54, 1.807) is 6.20 Å². The minimum absolute atomic E-state index is 0.0964. The van der Waals surface area contributed by atoms with Crippen molar-refractivity contribution in [1.29, 1.82) is 0 Å². The fourth-order valence-corrected chi connectivity index (χ4v) is 1.71. The Morgan fingerprint density at radius 3 is 2.76 bits per heavy atom. The topological polar surface area (TPSA) is 115 Å². The van der Waals surface area contributed by atoms with E-state index in [1.807, 2.05) is 0 Å². The molecular weight excluding hydrogens is 266 g/mol. The lowest BCUT2D eigenvalue weighted by Gasteiger charge is -2.02. The summed E-state index contributed by atoms with van der Waals surface area (Å²) < 4.78 is 29.7. The first-order valence-corrected chi connectivity index (χ1v) is 6.87. The van der Waals surface area contributed by atoms with Gasteiger partial charge in [0.05, 0.1) is 5.75 Å². The highest BCUT2D eigenvalue weighted by Gasteiger charge is 2.06. The van der Waals surface area contributed by atoms with Gasteiger partial charge in [0.1, 0.15) is 0 Å². The third kappa shape index (κ3) is 6.19. The molecule has 0 spiro atoms. The molecule has 96 valence electrons. The number of nitrogens with one attached hydrogen (secondary N) is 3. The molecule has 1 heterocycles. The van der Waals surface area contributed by atoms with Gasteiger partial charge in [-0.25, -0.2) is 0 Å². The summed E-state index contributed by atoms with van der Waals surface area (Å²) in [5.74, 6) is -0.764. The minimum Gasteiger partial charge on any atom is -0.355 e. The number of carbonyl (C=O) groups excluding carboxylic acids is 1. The van der Waals surface area contributed by atoms with E-state index in [2.05, 4.69) is 15.3 Å². The van der Waals surface area contributed by atoms with E-state index in [0.29, 0.717) is 11.2 Å². The van der Waals surface area contributed by atoms with E-state index in [0.717, 1.165) is 5.69 Å². The molecule has 0 atom stereocenters. The van der Waals surface area contributed by atoms with Crippen LogP contribution in [-0.4, -0.2) is 41.1 Å². The molecule has 0 aliphatic heterocycles. The second kappa shape index (κ2) is 5.94. The van der Waals surface area contributed by atoms with Crippen LogP contribution in [-0.2, 0) is 21.3 Å². The Kier molecular flexibility index (Phi) is 4.85. The van der Waals surface area contributed by atoms with Crippen molar-refractivity contribution in [3.63, 3.8) is 0 Å². The maximum atomic E-state index is 11.3. The lowest BCUT2D eigenvalue weighted by atomic mass is 10.2. The maximum Gasteiger partial charge on any atom is 0.266 e. The van der Waals surface area contributed by atoms with Crippen LogP contribution >= 0.6 is 12.2 Å². The van der Waals surface area contributed by atoms with Crippen LogP contribution in [0, 0.1) is 4.77 Å². The highest BCUT2D eigenvalue weighted by atomic mass is 32.2. The van der Waals surface area contributed by atoms with Crippen LogP contribution < -0.4 is 5.32 Å². The minimum atomic E-state index is -4.02. The van der Waals surface area contributed by atoms with Gasteiger partial charge in [0.25, 0.3) is 10.1 Å². The summed E-state index contributed by atoms with van der Waals surface area (Å²) in [5.41, 5.74) is 0.805. The Morgan fingerprint density at radius 2 is 2.24 bits per heavy atom. The van der Waals surface area contributed by atoms with Crippen molar-refractivity contribution in [3.05, 3.63) is 16.7 Å². The molecule has 0 radical (unpaired) electrons. The first-order chi connectivity index (χ1) is 7.87. The van der Waals surface area contributed by atoms with Gasteiger partial charge in [0.2, 0.25) is 5.91 Å². The van der Waals surface area contributed by atoms with Crippen molar-refractivity contribution in [3.8, 4) is 0 Å². The number of aromatic nitrogens is 2. The number of H-pyrrole nitrogens is 2. The highest BCUT2D eigenvalue weighted by molar-refractivity contribution is 7.85. The summed E-state index contributed by atoms with van der Waals surface area (Å²) >= 11 is 4.82. The molecule has 0 unspecified atom stereocenters. The molecule has 0 fully saturated rings. The number of imidazole rings is 1. The van der Waals surface area contributed by atoms with Crippen LogP contribution in [0.1, 0.15) is 12.1 Å². The van der Waals surface area contributed by atoms with Crippen molar-refractivity contribution in [2.45, 2.75) is 12.8 Å². The molecule has 0 aliphatic carbocycles. The van der Waals surface area contributed by atoms with Gasteiger partial charge in [0, 0.05) is 24.9 Å². The average molecular weight is 279 g/mol. The number of amides is 1. The molecule has 1 aromatic heterocycles. The summed E-state index contributed by atoms with van der Waals surface area (Å²) in [6.45, 7) is -0.0964. The normalized spacial score (nSPS) is 11.4. The molecule has 0 bridgehead atoms. The van der Waals surface area contributed by atoms with Gasteiger partial charge in [-0.1, -0.05) is 0 Å². The molecule has 1 aromatic rings. The van der Waals surface area contributed by atoms with Crippen LogP contribution in [0.15, 0.2) is 6.20 Å². The fraction of sp³-hybridized carbons (Fsp3) is 0.500. The summed E-state index contributed by atoms with van der Waals surface area (Å²) in [7, 11) is -4.02. The van der Waals surface area contributed by atoms with E-state index in [1.165, 1.54) is 0 Å². The number of rotatable bonds is 6. The van der Waals surface area contributed by atoms with Crippen molar-refractivity contribution < 1.29 is 17.8 Å². The molecule has 17 heavy (non-hydrogen) atoms. The van der Waals surface area contributed by atoms with Gasteiger partial charge in [-0.15, -0.1) is 0 Å². The maximum absolute atomic E-state index is 11.3. The van der Waals surface area contributed by atoms with Gasteiger partial charge < -0.3 is 15.3 Å². The molecule has 1 amide bonds. The third-order valence-corrected chi connectivity index (χ3v) is 2.90. The lowest BCUT2D eigenvalue weighted by molar-refractivity contribution is -0.120. The zero-order valence-electron chi connectivity index (χ0n) is 8.89. The smallest absolute Gasteiger partial charge is 0.266 e. The molecule has 7 nitrogen and oxygen atoms in total. The van der Waals surface area contributed by atoms with Gasteiger partial charge in [-0.2, -0.15) is 8.42 Å². The summed E-state index contributed by atoms with van der Waals surface area (Å²) in [6, 6.07) is 0. The second-order valence-electron chi connectivity index (χ2n) is 3.40. The molecule has 4 N–H and O–H groups in total. The molecule has 0 aromatic carbocycles. The van der Waals surface area contributed by atoms with Crippen molar-refractivity contribution in [2.24, 2.45) is 0 Å². The summed E-state index contributed by atoms with van der Waals surface area (Å²) in [4.78, 5) is 16.9. The Hall–Kier alpha value is -1.19. The molecule has 0 saturated carbocycles. The van der Waals surface area contributed by atoms with E-state index in [4.69, 9.17) is 16.8 Å². The SMILES string of the molecule is O=C(CCc1c[nH]c(=S)[nH]1)NCCS(=O)(=O)O. The van der Waals surface area contributed by atoms with Crippen LogP contribution in [0.3, 0.4) is 0 Å². The van der Waals surface area contributed by atoms with Crippen molar-refractivity contribution in [2.75, 3.05) is 12.3 Å². The Labute approximate surface area is 103 Å². The first kappa shape index (κ1) is 13.9. The molecule has 1 rings (SSSR count). The van der Waals surface area contributed by atoms with Crippen LogP contribution in [0.4, 0.5) is 0 Å². The number of hydrogen-bond donors (Lipinski definition) is 4. The molecule has 0 saturated heterocycles. The van der Waals surface area contributed by atoms with E-state index in [9.17, 15) is 13.2 Å². The first-order valence-electron chi connectivity index (χ1n) is 4.85. The number of aryl methyl sites for hydroxylation is 1. The Balaban J connectivity index is 2.24. The summed E-state index contributed by atoms with van der Waals surface area (Å²) in [5, 5.41) is 2.39. The number of aromatic amines is 2. The number of hydrogen-bond acceptors (Lipinski definition) is 4. The quantitative estimate of drug-likeness (QED) is 0.432. The van der Waals surface area contributed by atoms with Crippen LogP contribution in [0.25, 0.3) is 0 Å². The zero-order valence-corrected chi connectivity index (χ0v) is 10.5. The predicted octanol–water partition coefficient (Wildman–Crippen LogP) is 0.00889. The van der Waals surface area contributed by atoms with Crippen LogP contribution in [0.2, 0.25) is 0 Å². The standard InChI is InChI=1S/C8H13N3O4S2/c12-7(9-3-4-17(13,14)15)2-1-6-5-10-8(16)11-6/h5H,1-4H2,(H,9,12)(H2,10,11,16)(H,13,14,15). The van der Waals surface area contributed by atoms with Gasteiger partial charge >= 0.3 is 0 Å². The van der Waals surface area contributed by atoms with Gasteiger partial charge in [0.15, 0.2) is 4.77 Å². The van der Waals surface area contributed by atoms with Gasteiger partial charge in [-0.05, 0) is 18.6 Å². The predicted molar refractivity (Wildman–Crippen MR) is 63.7 cm³/mol. The van der Waals surface area contributed by atoms with Crippen molar-refractivity contribution >= 4 is 28.2 Å². The highest BCUT2D eigenvalue weighted by Crippen LogP contribution is 1.97. The molecular formula is C8H13N3O4S2. The third-order valence-electron chi connectivity index (χ3n) is 1.96. The average Bonchev–Trinajstić information content (AvgIpc) is 2.59. The Morgan fingerprint density at radius 1 is 1.53 bits per heavy atom. The molecule has 9 heteroatoms. The zero-order chi connectivity index (χ0) is 12.9. The lowest BCUT2D eigenvalue weighted by Crippen LogP contribution is -2.29. The van der Waals surface area contributed by atoms with Crippen molar-refractivity contribution in [1.82, 2.24) is 15.3 Å². The monoisotopic (exact) mass is 279 g/mol. The second-order valence-corrected chi connectivity index (χ2v) is 5.38. The summed E-state index contributed by atoms with van der Waals surface area (Å²) in [6.07, 6.45) is 2.37. The van der Waals surface area contributed by atoms with E-state index < -0.39 is 15.9 Å². The number of carbonyl (C=O) groups is 1. The fourth-order valence-electron chi connectivity index (χ4n) is 1.16.